The largest absolute Gasteiger partial charge is 0.252 e. The van der Waals surface area contributed by atoms with Crippen molar-refractivity contribution in [1.82, 2.24) is 15.2 Å². The van der Waals surface area contributed by atoms with Crippen LogP contribution in [0.25, 0.3) is 0 Å². The number of H-pyrrole nitrogens is 1. The zero-order chi connectivity index (χ0) is 13.6. The minimum Gasteiger partial charge on any atom is -0.252 e. The van der Waals surface area contributed by atoms with Gasteiger partial charge in [-0.15, -0.1) is 0 Å². The standard InChI is InChI=1S/C17H13N3/c1-3-7-14(8-4-1)11-12-16-18-17(20-19-16)13-15-9-5-2-6-10-15/h1-10H,13H2,(H,18,19,20). The third-order valence-electron chi connectivity index (χ3n) is 2.84. The van der Waals surface area contributed by atoms with Crippen molar-refractivity contribution in [3.63, 3.8) is 0 Å². The van der Waals surface area contributed by atoms with E-state index in [-0.39, 0.29) is 0 Å². The molecule has 0 fully saturated rings. The first-order valence-corrected chi connectivity index (χ1v) is 6.42. The normalized spacial score (nSPS) is 9.80. The summed E-state index contributed by atoms with van der Waals surface area (Å²) in [6.45, 7) is 0. The lowest BCUT2D eigenvalue weighted by atomic mass is 10.1. The first kappa shape index (κ1) is 12.2. The summed E-state index contributed by atoms with van der Waals surface area (Å²) in [5.74, 6) is 7.40. The van der Waals surface area contributed by atoms with Gasteiger partial charge in [-0.1, -0.05) is 54.5 Å². The van der Waals surface area contributed by atoms with E-state index in [4.69, 9.17) is 0 Å². The highest BCUT2D eigenvalue weighted by Gasteiger charge is 2.01. The summed E-state index contributed by atoms with van der Waals surface area (Å²) in [6, 6.07) is 20.0. The number of nitrogens with zero attached hydrogens (tertiary/aromatic N) is 2. The Kier molecular flexibility index (Phi) is 3.57. The van der Waals surface area contributed by atoms with Crippen molar-refractivity contribution in [3.05, 3.63) is 83.4 Å². The molecule has 0 spiro atoms. The monoisotopic (exact) mass is 259 g/mol. The van der Waals surface area contributed by atoms with Crippen LogP contribution in [0.15, 0.2) is 60.7 Å². The smallest absolute Gasteiger partial charge is 0.201 e. The van der Waals surface area contributed by atoms with Gasteiger partial charge in [-0.25, -0.2) is 4.98 Å². The summed E-state index contributed by atoms with van der Waals surface area (Å²) in [6.07, 6.45) is 0.713. The summed E-state index contributed by atoms with van der Waals surface area (Å²) >= 11 is 0. The van der Waals surface area contributed by atoms with Crippen LogP contribution in [-0.4, -0.2) is 15.2 Å². The van der Waals surface area contributed by atoms with Crippen molar-refractivity contribution < 1.29 is 0 Å². The fourth-order valence-electron chi connectivity index (χ4n) is 1.86. The van der Waals surface area contributed by atoms with E-state index in [2.05, 4.69) is 39.2 Å². The van der Waals surface area contributed by atoms with Gasteiger partial charge in [0, 0.05) is 12.0 Å². The Morgan fingerprint density at radius 1 is 0.850 bits per heavy atom. The van der Waals surface area contributed by atoms with E-state index in [1.807, 2.05) is 48.5 Å². The van der Waals surface area contributed by atoms with E-state index in [9.17, 15) is 0 Å². The Morgan fingerprint density at radius 2 is 1.55 bits per heavy atom. The summed E-state index contributed by atoms with van der Waals surface area (Å²) in [5, 5.41) is 7.05. The number of hydrogen-bond acceptors (Lipinski definition) is 2. The van der Waals surface area contributed by atoms with Crippen molar-refractivity contribution >= 4 is 0 Å². The Bertz CT molecular complexity index is 734. The van der Waals surface area contributed by atoms with Crippen molar-refractivity contribution in [1.29, 1.82) is 0 Å². The highest BCUT2D eigenvalue weighted by Crippen LogP contribution is 2.04. The predicted octanol–water partition coefficient (Wildman–Crippen LogP) is 2.80. The van der Waals surface area contributed by atoms with Crippen molar-refractivity contribution in [2.45, 2.75) is 6.42 Å². The van der Waals surface area contributed by atoms with Crippen LogP contribution in [0.5, 0.6) is 0 Å². The number of rotatable bonds is 2. The molecule has 0 aliphatic carbocycles. The molecular formula is C17H13N3. The van der Waals surface area contributed by atoms with Crippen LogP contribution < -0.4 is 0 Å². The fraction of sp³-hybridized carbons (Fsp3) is 0.0588. The number of benzene rings is 2. The minimum absolute atomic E-state index is 0.597. The topological polar surface area (TPSA) is 41.6 Å². The maximum Gasteiger partial charge on any atom is 0.201 e. The van der Waals surface area contributed by atoms with Gasteiger partial charge in [-0.2, -0.15) is 5.10 Å². The zero-order valence-electron chi connectivity index (χ0n) is 10.9. The lowest BCUT2D eigenvalue weighted by Crippen LogP contribution is -1.90. The maximum absolute atomic E-state index is 4.38. The Labute approximate surface area is 117 Å². The molecule has 0 aliphatic heterocycles. The minimum atomic E-state index is 0.597. The quantitative estimate of drug-likeness (QED) is 0.719. The molecule has 1 N–H and O–H groups in total. The number of aromatic nitrogens is 3. The van der Waals surface area contributed by atoms with Crippen LogP contribution in [0.3, 0.4) is 0 Å². The van der Waals surface area contributed by atoms with Gasteiger partial charge in [-0.3, -0.25) is 5.10 Å². The lowest BCUT2D eigenvalue weighted by Gasteiger charge is -1.94. The first-order valence-electron chi connectivity index (χ1n) is 6.42. The molecule has 3 rings (SSSR count). The molecular weight excluding hydrogens is 246 g/mol. The second kappa shape index (κ2) is 5.85. The van der Waals surface area contributed by atoms with Crippen LogP contribution in [0, 0.1) is 11.8 Å². The second-order valence-corrected chi connectivity index (χ2v) is 4.38. The molecule has 0 unspecified atom stereocenters. The van der Waals surface area contributed by atoms with Gasteiger partial charge in [0.2, 0.25) is 5.82 Å². The molecule has 2 aromatic carbocycles. The molecule has 0 atom stereocenters. The number of nitrogens with one attached hydrogen (secondary N) is 1. The van der Waals surface area contributed by atoms with Crippen LogP contribution in [0.4, 0.5) is 0 Å². The van der Waals surface area contributed by atoms with E-state index in [1.54, 1.807) is 0 Å². The highest BCUT2D eigenvalue weighted by atomic mass is 15.2. The number of hydrogen-bond donors (Lipinski definition) is 1. The molecule has 0 aliphatic rings. The highest BCUT2D eigenvalue weighted by molar-refractivity contribution is 5.37. The van der Waals surface area contributed by atoms with Crippen molar-refractivity contribution in [2.24, 2.45) is 0 Å². The van der Waals surface area contributed by atoms with Gasteiger partial charge in [-0.05, 0) is 23.6 Å². The van der Waals surface area contributed by atoms with Crippen LogP contribution in [0.1, 0.15) is 22.8 Å². The van der Waals surface area contributed by atoms with Crippen molar-refractivity contribution in [2.75, 3.05) is 0 Å². The molecule has 20 heavy (non-hydrogen) atoms. The summed E-state index contributed by atoms with van der Waals surface area (Å²) in [4.78, 5) is 4.38. The molecule has 3 aromatic rings. The third kappa shape index (κ3) is 3.12. The lowest BCUT2D eigenvalue weighted by molar-refractivity contribution is 0.972. The molecule has 0 saturated heterocycles. The maximum atomic E-state index is 4.38. The van der Waals surface area contributed by atoms with Crippen LogP contribution in [0.2, 0.25) is 0 Å². The summed E-state index contributed by atoms with van der Waals surface area (Å²) in [7, 11) is 0. The third-order valence-corrected chi connectivity index (χ3v) is 2.84. The van der Waals surface area contributed by atoms with Gasteiger partial charge in [0.1, 0.15) is 0 Å². The number of aromatic amines is 1. The van der Waals surface area contributed by atoms with Gasteiger partial charge in [0.15, 0.2) is 5.82 Å². The van der Waals surface area contributed by atoms with Crippen LogP contribution >= 0.6 is 0 Å². The Morgan fingerprint density at radius 3 is 2.30 bits per heavy atom. The Balaban J connectivity index is 1.73. The first-order chi connectivity index (χ1) is 9.90. The van der Waals surface area contributed by atoms with Gasteiger partial charge in [0.25, 0.3) is 0 Å². The van der Waals surface area contributed by atoms with Gasteiger partial charge >= 0.3 is 0 Å². The average molecular weight is 259 g/mol. The van der Waals surface area contributed by atoms with Gasteiger partial charge < -0.3 is 0 Å². The molecule has 96 valence electrons. The predicted molar refractivity (Wildman–Crippen MR) is 78.1 cm³/mol. The SMILES string of the molecule is C(#Cc1nc(Cc2ccccc2)n[nH]1)c1ccccc1. The second-order valence-electron chi connectivity index (χ2n) is 4.38. The van der Waals surface area contributed by atoms with Crippen LogP contribution in [-0.2, 0) is 6.42 Å². The van der Waals surface area contributed by atoms with E-state index < -0.39 is 0 Å². The molecule has 1 aromatic heterocycles. The van der Waals surface area contributed by atoms with E-state index in [0.717, 1.165) is 11.4 Å². The van der Waals surface area contributed by atoms with Gasteiger partial charge in [0.05, 0.1) is 0 Å². The summed E-state index contributed by atoms with van der Waals surface area (Å²) in [5.41, 5.74) is 2.16. The summed E-state index contributed by atoms with van der Waals surface area (Å²) < 4.78 is 0. The Hall–Kier alpha value is -2.86. The van der Waals surface area contributed by atoms with Crippen molar-refractivity contribution in [3.8, 4) is 11.8 Å². The fourth-order valence-corrected chi connectivity index (χ4v) is 1.86. The molecule has 0 saturated carbocycles. The molecule has 3 nitrogen and oxygen atoms in total. The van der Waals surface area contributed by atoms with E-state index >= 15 is 0 Å². The molecule has 0 bridgehead atoms. The zero-order valence-corrected chi connectivity index (χ0v) is 10.9. The average Bonchev–Trinajstić information content (AvgIpc) is 2.95. The molecule has 0 amide bonds. The molecule has 0 radical (unpaired) electrons. The molecule has 3 heteroatoms. The molecule has 1 heterocycles. The van der Waals surface area contributed by atoms with E-state index in [0.29, 0.717) is 12.2 Å². The van der Waals surface area contributed by atoms with E-state index in [1.165, 1.54) is 5.56 Å².